The predicted molar refractivity (Wildman–Crippen MR) is 76.8 cm³/mol. The molecule has 2 heteroatoms. The van der Waals surface area contributed by atoms with E-state index >= 15 is 0 Å². The Kier molecular flexibility index (Phi) is 2.60. The fraction of sp³-hybridized carbons (Fsp3) is 0.938. The average molecular weight is 248 g/mol. The summed E-state index contributed by atoms with van der Waals surface area (Å²) >= 11 is 0. The molecule has 0 heterocycles. The van der Waals surface area contributed by atoms with Gasteiger partial charge in [0.05, 0.1) is 0 Å². The summed E-state index contributed by atoms with van der Waals surface area (Å²) in [6.45, 7) is 5.06. The number of hydrogen-bond acceptors (Lipinski definition) is 1. The van der Waals surface area contributed by atoms with Crippen LogP contribution in [0.4, 0.5) is 0 Å². The molecule has 0 amide bonds. The van der Waals surface area contributed by atoms with Crippen LogP contribution in [0.5, 0.6) is 0 Å². The fourth-order valence-corrected chi connectivity index (χ4v) is 5.99. The highest BCUT2D eigenvalue weighted by Gasteiger charge is 2.63. The van der Waals surface area contributed by atoms with Gasteiger partial charge in [0.1, 0.15) is 5.84 Å². The van der Waals surface area contributed by atoms with Gasteiger partial charge in [0.2, 0.25) is 0 Å². The van der Waals surface area contributed by atoms with Gasteiger partial charge >= 0.3 is 0 Å². The zero-order valence-electron chi connectivity index (χ0n) is 12.7. The lowest BCUT2D eigenvalue weighted by atomic mass is 9.39. The standard InChI is InChI=1S/C16H28N2/c1-15-9-11-6-12(10-15)8-13(7-11)16(15,2)14(17-3)18(4)5/h11-13H,6-10H2,1-5H3. The first-order valence-electron chi connectivity index (χ1n) is 7.55. The maximum Gasteiger partial charge on any atom is 0.105 e. The van der Waals surface area contributed by atoms with Crippen molar-refractivity contribution in [3.63, 3.8) is 0 Å². The largest absolute Gasteiger partial charge is 0.366 e. The van der Waals surface area contributed by atoms with Crippen LogP contribution in [0, 0.1) is 28.6 Å². The summed E-state index contributed by atoms with van der Waals surface area (Å²) in [7, 11) is 6.32. The van der Waals surface area contributed by atoms with Gasteiger partial charge < -0.3 is 4.90 Å². The van der Waals surface area contributed by atoms with Crippen molar-refractivity contribution >= 4 is 5.84 Å². The van der Waals surface area contributed by atoms with E-state index in [9.17, 15) is 0 Å². The molecule has 4 bridgehead atoms. The van der Waals surface area contributed by atoms with Crippen molar-refractivity contribution in [3.8, 4) is 0 Å². The first-order valence-corrected chi connectivity index (χ1v) is 7.55. The minimum atomic E-state index is 0.304. The zero-order valence-corrected chi connectivity index (χ0v) is 12.7. The third kappa shape index (κ3) is 1.38. The van der Waals surface area contributed by atoms with E-state index in [1.165, 1.54) is 37.9 Å². The monoisotopic (exact) mass is 248 g/mol. The lowest BCUT2D eigenvalue weighted by Crippen LogP contribution is -2.62. The number of nitrogens with zero attached hydrogens (tertiary/aromatic N) is 2. The van der Waals surface area contributed by atoms with Crippen LogP contribution in [-0.2, 0) is 0 Å². The van der Waals surface area contributed by atoms with Crippen LogP contribution in [0.25, 0.3) is 0 Å². The van der Waals surface area contributed by atoms with Crippen molar-refractivity contribution in [2.45, 2.75) is 46.0 Å². The molecule has 102 valence electrons. The Hall–Kier alpha value is -0.530. The van der Waals surface area contributed by atoms with E-state index in [4.69, 9.17) is 4.99 Å². The molecule has 18 heavy (non-hydrogen) atoms. The van der Waals surface area contributed by atoms with Gasteiger partial charge in [0.25, 0.3) is 0 Å². The SMILES string of the molecule is CN=C(N(C)C)C1(C)C2CC3CC(C2)CC1(C)C3. The van der Waals surface area contributed by atoms with Gasteiger partial charge in [-0.25, -0.2) is 0 Å². The van der Waals surface area contributed by atoms with Crippen molar-refractivity contribution in [1.82, 2.24) is 4.90 Å². The van der Waals surface area contributed by atoms with Crippen LogP contribution < -0.4 is 0 Å². The molecule has 0 aromatic carbocycles. The number of rotatable bonds is 1. The van der Waals surface area contributed by atoms with Crippen LogP contribution in [-0.4, -0.2) is 31.9 Å². The summed E-state index contributed by atoms with van der Waals surface area (Å²) in [5.41, 5.74) is 0.791. The summed E-state index contributed by atoms with van der Waals surface area (Å²) in [6, 6.07) is 0. The molecule has 3 unspecified atom stereocenters. The summed E-state index contributed by atoms with van der Waals surface area (Å²) < 4.78 is 0. The fourth-order valence-electron chi connectivity index (χ4n) is 5.99. The smallest absolute Gasteiger partial charge is 0.105 e. The molecule has 4 saturated carbocycles. The third-order valence-electron chi connectivity index (χ3n) is 6.55. The van der Waals surface area contributed by atoms with Crippen LogP contribution in [0.15, 0.2) is 4.99 Å². The summed E-state index contributed by atoms with van der Waals surface area (Å²) in [4.78, 5) is 6.96. The van der Waals surface area contributed by atoms with E-state index in [1.54, 1.807) is 0 Å². The molecular weight excluding hydrogens is 220 g/mol. The van der Waals surface area contributed by atoms with Crippen molar-refractivity contribution in [1.29, 1.82) is 0 Å². The molecule has 0 spiro atoms. The topological polar surface area (TPSA) is 15.6 Å². The van der Waals surface area contributed by atoms with Crippen LogP contribution in [0.3, 0.4) is 0 Å². The third-order valence-corrected chi connectivity index (χ3v) is 6.55. The Bertz CT molecular complexity index is 371. The second kappa shape index (κ2) is 3.74. The quantitative estimate of drug-likeness (QED) is 0.513. The van der Waals surface area contributed by atoms with Crippen molar-refractivity contribution in [3.05, 3.63) is 0 Å². The second-order valence-electron chi connectivity index (χ2n) is 7.75. The van der Waals surface area contributed by atoms with E-state index in [2.05, 4.69) is 32.8 Å². The van der Waals surface area contributed by atoms with Gasteiger partial charge in [0.15, 0.2) is 0 Å². The zero-order chi connectivity index (χ0) is 13.1. The Morgan fingerprint density at radius 1 is 1.06 bits per heavy atom. The molecule has 0 aliphatic heterocycles. The highest BCUT2D eigenvalue weighted by atomic mass is 15.2. The Labute approximate surface area is 112 Å². The first-order chi connectivity index (χ1) is 8.40. The summed E-state index contributed by atoms with van der Waals surface area (Å²) in [5, 5.41) is 0. The lowest BCUT2D eigenvalue weighted by molar-refractivity contribution is -0.126. The maximum atomic E-state index is 4.69. The molecule has 0 radical (unpaired) electrons. The molecule has 0 N–H and O–H groups in total. The minimum absolute atomic E-state index is 0.304. The first kappa shape index (κ1) is 12.5. The summed E-state index contributed by atoms with van der Waals surface area (Å²) in [6.07, 6.45) is 7.29. The summed E-state index contributed by atoms with van der Waals surface area (Å²) in [5.74, 6) is 4.24. The van der Waals surface area contributed by atoms with Crippen LogP contribution >= 0.6 is 0 Å². The Morgan fingerprint density at radius 3 is 2.00 bits per heavy atom. The van der Waals surface area contributed by atoms with Crippen LogP contribution in [0.2, 0.25) is 0 Å². The molecular formula is C16H28N2. The van der Waals surface area contributed by atoms with Gasteiger partial charge in [-0.1, -0.05) is 13.8 Å². The molecule has 4 fully saturated rings. The van der Waals surface area contributed by atoms with Crippen molar-refractivity contribution < 1.29 is 0 Å². The molecule has 2 nitrogen and oxygen atoms in total. The molecule has 4 aliphatic carbocycles. The van der Waals surface area contributed by atoms with Crippen molar-refractivity contribution in [2.75, 3.05) is 21.1 Å². The Balaban J connectivity index is 2.05. The lowest BCUT2D eigenvalue weighted by Gasteiger charge is -2.66. The van der Waals surface area contributed by atoms with Gasteiger partial charge in [0, 0.05) is 26.6 Å². The molecule has 4 aliphatic rings. The number of aliphatic imine (C=N–C) groups is 1. The maximum absolute atomic E-state index is 4.69. The van der Waals surface area contributed by atoms with Gasteiger partial charge in [-0.15, -0.1) is 0 Å². The molecule has 0 aromatic heterocycles. The van der Waals surface area contributed by atoms with Gasteiger partial charge in [-0.05, 0) is 55.3 Å². The molecule has 4 rings (SSSR count). The second-order valence-corrected chi connectivity index (χ2v) is 7.75. The number of amidine groups is 1. The highest BCUT2D eigenvalue weighted by Crippen LogP contribution is 2.68. The van der Waals surface area contributed by atoms with Crippen molar-refractivity contribution in [2.24, 2.45) is 33.6 Å². The average Bonchev–Trinajstić information content (AvgIpc) is 2.25. The Morgan fingerprint density at radius 2 is 1.61 bits per heavy atom. The van der Waals surface area contributed by atoms with Crippen LogP contribution in [0.1, 0.15) is 46.0 Å². The highest BCUT2D eigenvalue weighted by molar-refractivity contribution is 5.89. The molecule has 3 atom stereocenters. The van der Waals surface area contributed by atoms with E-state index in [-0.39, 0.29) is 0 Å². The van der Waals surface area contributed by atoms with Gasteiger partial charge in [-0.2, -0.15) is 0 Å². The van der Waals surface area contributed by atoms with Gasteiger partial charge in [-0.3, -0.25) is 4.99 Å². The molecule has 0 saturated heterocycles. The normalized spacial score (nSPS) is 50.7. The van der Waals surface area contributed by atoms with E-state index in [1.807, 2.05) is 7.05 Å². The van der Waals surface area contributed by atoms with E-state index in [0.29, 0.717) is 10.8 Å². The molecule has 0 aromatic rings. The van der Waals surface area contributed by atoms with E-state index < -0.39 is 0 Å². The predicted octanol–water partition coefficient (Wildman–Crippen LogP) is 3.43. The van der Waals surface area contributed by atoms with E-state index in [0.717, 1.165) is 17.8 Å². The number of hydrogen-bond donors (Lipinski definition) is 0. The minimum Gasteiger partial charge on any atom is -0.366 e.